The zero-order valence-electron chi connectivity index (χ0n) is 14.2. The van der Waals surface area contributed by atoms with Crippen LogP contribution >= 0.6 is 0 Å². The summed E-state index contributed by atoms with van der Waals surface area (Å²) in [6.07, 6.45) is 0. The summed E-state index contributed by atoms with van der Waals surface area (Å²) in [4.78, 5) is 23.3. The Morgan fingerprint density at radius 1 is 1.04 bits per heavy atom. The number of rotatable bonds is 7. The highest BCUT2D eigenvalue weighted by molar-refractivity contribution is 5.80. The summed E-state index contributed by atoms with van der Waals surface area (Å²) in [5, 5.41) is 2.49. The van der Waals surface area contributed by atoms with Gasteiger partial charge < -0.3 is 14.8 Å². The summed E-state index contributed by atoms with van der Waals surface area (Å²) < 4.78 is 23.6. The van der Waals surface area contributed by atoms with Crippen LogP contribution in [0.25, 0.3) is 0 Å². The molecule has 0 fully saturated rings. The number of esters is 1. The summed E-state index contributed by atoms with van der Waals surface area (Å²) in [5.74, 6) is -1.01. The molecule has 0 atom stereocenters. The average Bonchev–Trinajstić information content (AvgIpc) is 2.60. The van der Waals surface area contributed by atoms with E-state index in [1.165, 1.54) is 6.07 Å². The average molecular weight is 345 g/mol. The molecule has 2 aromatic carbocycles. The van der Waals surface area contributed by atoms with Gasteiger partial charge in [-0.3, -0.25) is 4.79 Å². The van der Waals surface area contributed by atoms with Crippen LogP contribution in [0.5, 0.6) is 5.75 Å². The Kier molecular flexibility index (Phi) is 6.51. The van der Waals surface area contributed by atoms with Gasteiger partial charge in [-0.1, -0.05) is 24.3 Å². The maximum atomic E-state index is 13.4. The Morgan fingerprint density at radius 3 is 2.52 bits per heavy atom. The van der Waals surface area contributed by atoms with E-state index in [0.717, 1.165) is 11.1 Å². The Hall–Kier alpha value is -2.89. The molecular formula is C19H20FNO4. The van der Waals surface area contributed by atoms with Crippen molar-refractivity contribution in [2.45, 2.75) is 20.4 Å². The number of carbonyl (C=O) groups excluding carboxylic acids is 2. The molecule has 1 N–H and O–H groups in total. The number of ether oxygens (including phenoxy) is 2. The van der Waals surface area contributed by atoms with Crippen molar-refractivity contribution in [3.05, 3.63) is 65.0 Å². The highest BCUT2D eigenvalue weighted by Gasteiger charge is 2.09. The lowest BCUT2D eigenvalue weighted by Gasteiger charge is -2.09. The van der Waals surface area contributed by atoms with Crippen molar-refractivity contribution in [2.75, 3.05) is 13.2 Å². The number of hydrogen-bond acceptors (Lipinski definition) is 4. The zero-order chi connectivity index (χ0) is 18.2. The second-order valence-electron chi connectivity index (χ2n) is 5.56. The molecule has 6 heteroatoms. The van der Waals surface area contributed by atoms with E-state index >= 15 is 0 Å². The van der Waals surface area contributed by atoms with E-state index in [1.807, 2.05) is 26.0 Å². The number of hydrogen-bond donors (Lipinski definition) is 1. The molecule has 132 valence electrons. The van der Waals surface area contributed by atoms with Gasteiger partial charge in [-0.25, -0.2) is 9.18 Å². The molecule has 2 aromatic rings. The van der Waals surface area contributed by atoms with Crippen LogP contribution in [0.3, 0.4) is 0 Å². The van der Waals surface area contributed by atoms with Gasteiger partial charge in [0.05, 0.1) is 0 Å². The van der Waals surface area contributed by atoms with Gasteiger partial charge in [0.1, 0.15) is 11.6 Å². The van der Waals surface area contributed by atoms with Crippen LogP contribution in [-0.2, 0) is 20.9 Å². The molecule has 2 rings (SSSR count). The van der Waals surface area contributed by atoms with Crippen LogP contribution in [-0.4, -0.2) is 25.1 Å². The molecule has 25 heavy (non-hydrogen) atoms. The number of benzene rings is 2. The largest absolute Gasteiger partial charge is 0.482 e. The van der Waals surface area contributed by atoms with Crippen LogP contribution in [0, 0.1) is 19.7 Å². The molecular weight excluding hydrogens is 325 g/mol. The van der Waals surface area contributed by atoms with Gasteiger partial charge >= 0.3 is 5.97 Å². The molecule has 0 saturated heterocycles. The van der Waals surface area contributed by atoms with Crippen molar-refractivity contribution in [1.82, 2.24) is 5.32 Å². The molecule has 0 unspecified atom stereocenters. The Bertz CT molecular complexity index is 761. The fraction of sp³-hybridized carbons (Fsp3) is 0.263. The highest BCUT2D eigenvalue weighted by Crippen LogP contribution is 2.16. The lowest BCUT2D eigenvalue weighted by atomic mass is 10.1. The third kappa shape index (κ3) is 5.91. The van der Waals surface area contributed by atoms with Gasteiger partial charge in [-0.2, -0.15) is 0 Å². The second-order valence-corrected chi connectivity index (χ2v) is 5.56. The number of halogens is 1. The quantitative estimate of drug-likeness (QED) is 0.784. The molecule has 0 aliphatic heterocycles. The fourth-order valence-electron chi connectivity index (χ4n) is 2.02. The summed E-state index contributed by atoms with van der Waals surface area (Å²) in [7, 11) is 0. The van der Waals surface area contributed by atoms with Crippen molar-refractivity contribution in [1.29, 1.82) is 0 Å². The van der Waals surface area contributed by atoms with Crippen LogP contribution in [0.15, 0.2) is 42.5 Å². The van der Waals surface area contributed by atoms with Crippen molar-refractivity contribution < 1.29 is 23.5 Å². The molecule has 0 aliphatic rings. The normalized spacial score (nSPS) is 10.2. The highest BCUT2D eigenvalue weighted by atomic mass is 19.1. The topological polar surface area (TPSA) is 64.6 Å². The second kappa shape index (κ2) is 8.82. The van der Waals surface area contributed by atoms with Crippen LogP contribution in [0.1, 0.15) is 16.7 Å². The summed E-state index contributed by atoms with van der Waals surface area (Å²) in [5.41, 5.74) is 2.54. The van der Waals surface area contributed by atoms with Gasteiger partial charge in [0.15, 0.2) is 13.2 Å². The first kappa shape index (κ1) is 18.4. The van der Waals surface area contributed by atoms with Gasteiger partial charge in [0, 0.05) is 12.1 Å². The van der Waals surface area contributed by atoms with E-state index in [0.29, 0.717) is 11.3 Å². The Morgan fingerprint density at radius 2 is 1.80 bits per heavy atom. The van der Waals surface area contributed by atoms with Gasteiger partial charge in [-0.05, 0) is 43.2 Å². The minimum Gasteiger partial charge on any atom is -0.482 e. The van der Waals surface area contributed by atoms with Crippen LogP contribution in [0.2, 0.25) is 0 Å². The minimum atomic E-state index is -0.653. The SMILES string of the molecule is Cc1ccc(OCC(=O)OCC(=O)NCc2ccccc2F)cc1C. The lowest BCUT2D eigenvalue weighted by molar-refractivity contribution is -0.150. The first-order valence-electron chi connectivity index (χ1n) is 7.81. The van der Waals surface area contributed by atoms with Gasteiger partial charge in [0.2, 0.25) is 0 Å². The number of nitrogens with one attached hydrogen (secondary N) is 1. The summed E-state index contributed by atoms with van der Waals surface area (Å²) >= 11 is 0. The molecule has 0 spiro atoms. The predicted octanol–water partition coefficient (Wildman–Crippen LogP) is 2.68. The fourth-order valence-corrected chi connectivity index (χ4v) is 2.02. The predicted molar refractivity (Wildman–Crippen MR) is 90.6 cm³/mol. The molecule has 0 bridgehead atoms. The number of aryl methyl sites for hydroxylation is 2. The molecule has 0 aliphatic carbocycles. The minimum absolute atomic E-state index is 0.0300. The monoisotopic (exact) mass is 345 g/mol. The van der Waals surface area contributed by atoms with E-state index in [4.69, 9.17) is 9.47 Å². The van der Waals surface area contributed by atoms with E-state index in [2.05, 4.69) is 5.32 Å². The Balaban J connectivity index is 1.69. The Labute approximate surface area is 145 Å². The van der Waals surface area contributed by atoms with E-state index in [-0.39, 0.29) is 13.2 Å². The van der Waals surface area contributed by atoms with Crippen LogP contribution < -0.4 is 10.1 Å². The molecule has 0 heterocycles. The summed E-state index contributed by atoms with van der Waals surface area (Å²) in [6.45, 7) is 3.22. The molecule has 0 radical (unpaired) electrons. The van der Waals surface area contributed by atoms with Crippen molar-refractivity contribution in [3.63, 3.8) is 0 Å². The van der Waals surface area contributed by atoms with Crippen molar-refractivity contribution in [3.8, 4) is 5.75 Å². The van der Waals surface area contributed by atoms with Gasteiger partial charge in [0.25, 0.3) is 5.91 Å². The third-order valence-corrected chi connectivity index (χ3v) is 3.63. The van der Waals surface area contributed by atoms with E-state index in [9.17, 15) is 14.0 Å². The molecule has 5 nitrogen and oxygen atoms in total. The smallest absolute Gasteiger partial charge is 0.344 e. The number of amides is 1. The van der Waals surface area contributed by atoms with E-state index in [1.54, 1.807) is 24.3 Å². The maximum absolute atomic E-state index is 13.4. The zero-order valence-corrected chi connectivity index (χ0v) is 14.2. The van der Waals surface area contributed by atoms with Crippen molar-refractivity contribution >= 4 is 11.9 Å². The first-order chi connectivity index (χ1) is 12.0. The lowest BCUT2D eigenvalue weighted by Crippen LogP contribution is -2.29. The van der Waals surface area contributed by atoms with Gasteiger partial charge in [-0.15, -0.1) is 0 Å². The standard InChI is InChI=1S/C19H20FNO4/c1-13-7-8-16(9-14(13)2)24-12-19(23)25-11-18(22)21-10-15-5-3-4-6-17(15)20/h3-9H,10-12H2,1-2H3,(H,21,22). The van der Waals surface area contributed by atoms with E-state index < -0.39 is 24.3 Å². The summed E-state index contributed by atoms with van der Waals surface area (Å²) in [6, 6.07) is 11.6. The van der Waals surface area contributed by atoms with Crippen molar-refractivity contribution in [2.24, 2.45) is 0 Å². The third-order valence-electron chi connectivity index (χ3n) is 3.63. The molecule has 1 amide bonds. The van der Waals surface area contributed by atoms with Crippen LogP contribution in [0.4, 0.5) is 4.39 Å². The molecule has 0 aromatic heterocycles. The maximum Gasteiger partial charge on any atom is 0.344 e. The first-order valence-corrected chi connectivity index (χ1v) is 7.81. The number of carbonyl (C=O) groups is 2. The molecule has 0 saturated carbocycles.